The molecule has 0 aliphatic heterocycles. The van der Waals surface area contributed by atoms with E-state index in [1.807, 2.05) is 4.72 Å². The van der Waals surface area contributed by atoms with Gasteiger partial charge >= 0.3 is 12.4 Å². The number of benzene rings is 1. The summed E-state index contributed by atoms with van der Waals surface area (Å²) in [5, 5.41) is 1.63. The molecular weight excluding hydrogens is 461 g/mol. The average Bonchev–Trinajstić information content (AvgIpc) is 2.84. The SMILES string of the molecule is CCNS(=O)(=O)c1c(C(F)(F)F)nn(-c2c(Cl)cc(C(F)(F)F)cc2Cl)c1N. The molecule has 1 aromatic carbocycles. The van der Waals surface area contributed by atoms with Crippen LogP contribution in [0.3, 0.4) is 0 Å². The number of halogens is 8. The lowest BCUT2D eigenvalue weighted by atomic mass is 10.2. The Hall–Kier alpha value is -1.70. The molecule has 15 heteroatoms. The van der Waals surface area contributed by atoms with Crippen molar-refractivity contribution in [2.24, 2.45) is 0 Å². The molecule has 0 amide bonds. The number of nitrogens with one attached hydrogen (secondary N) is 1. The molecule has 2 aromatic rings. The Morgan fingerprint density at radius 2 is 1.61 bits per heavy atom. The van der Waals surface area contributed by atoms with Crippen molar-refractivity contribution in [1.82, 2.24) is 14.5 Å². The molecule has 0 unspecified atom stereocenters. The predicted octanol–water partition coefficient (Wildman–Crippen LogP) is 4.10. The maximum absolute atomic E-state index is 13.3. The first-order valence-electron chi connectivity index (χ1n) is 7.13. The normalized spacial score (nSPS) is 13.2. The number of aromatic nitrogens is 2. The van der Waals surface area contributed by atoms with E-state index in [1.165, 1.54) is 6.92 Å². The number of alkyl halides is 6. The fourth-order valence-corrected chi connectivity index (χ4v) is 4.18. The Bertz CT molecular complexity index is 994. The van der Waals surface area contributed by atoms with Gasteiger partial charge in [0.25, 0.3) is 0 Å². The van der Waals surface area contributed by atoms with Crippen molar-refractivity contribution in [1.29, 1.82) is 0 Å². The minimum absolute atomic E-state index is 0.234. The molecule has 0 atom stereocenters. The number of nitrogens with zero attached hydrogens (tertiary/aromatic N) is 2. The summed E-state index contributed by atoms with van der Waals surface area (Å²) in [4.78, 5) is -1.39. The number of anilines is 1. The van der Waals surface area contributed by atoms with Gasteiger partial charge in [0.1, 0.15) is 11.5 Å². The monoisotopic (exact) mass is 470 g/mol. The maximum atomic E-state index is 13.3. The van der Waals surface area contributed by atoms with Crippen molar-refractivity contribution in [3.63, 3.8) is 0 Å². The quantitative estimate of drug-likeness (QED) is 0.658. The van der Waals surface area contributed by atoms with Gasteiger partial charge in [-0.25, -0.2) is 17.8 Å². The average molecular weight is 471 g/mol. The van der Waals surface area contributed by atoms with Crippen LogP contribution in [0, 0.1) is 0 Å². The van der Waals surface area contributed by atoms with Gasteiger partial charge in [-0.1, -0.05) is 30.1 Å². The number of nitrogen functional groups attached to an aromatic ring is 1. The molecule has 0 fully saturated rings. The molecule has 1 aromatic heterocycles. The number of rotatable bonds is 4. The third-order valence-electron chi connectivity index (χ3n) is 3.30. The van der Waals surface area contributed by atoms with E-state index in [-0.39, 0.29) is 11.2 Å². The van der Waals surface area contributed by atoms with E-state index in [1.54, 1.807) is 0 Å². The molecule has 0 radical (unpaired) electrons. The van der Waals surface area contributed by atoms with E-state index in [0.29, 0.717) is 12.1 Å². The standard InChI is InChI=1S/C13H10Cl2F6N4O2S/c1-2-23-28(26,27)9-10(13(19,20)21)24-25(11(9)22)8-6(14)3-5(4-7(8)15)12(16,17)18/h3-4,23H,2,22H2,1H3. The lowest BCUT2D eigenvalue weighted by molar-refractivity contribution is -0.143. The Morgan fingerprint density at radius 1 is 1.11 bits per heavy atom. The Labute approximate surface area is 164 Å². The lowest BCUT2D eigenvalue weighted by Gasteiger charge is -2.13. The molecule has 6 nitrogen and oxygen atoms in total. The van der Waals surface area contributed by atoms with Gasteiger partial charge in [0.2, 0.25) is 10.0 Å². The van der Waals surface area contributed by atoms with E-state index in [2.05, 4.69) is 5.10 Å². The highest BCUT2D eigenvalue weighted by Gasteiger charge is 2.44. The second-order valence-electron chi connectivity index (χ2n) is 5.26. The highest BCUT2D eigenvalue weighted by Crippen LogP contribution is 2.41. The van der Waals surface area contributed by atoms with Gasteiger partial charge in [0, 0.05) is 6.54 Å². The second-order valence-corrected chi connectivity index (χ2v) is 7.78. The van der Waals surface area contributed by atoms with Gasteiger partial charge in [0.05, 0.1) is 15.6 Å². The first kappa shape index (κ1) is 22.6. The smallest absolute Gasteiger partial charge is 0.382 e. The molecule has 1 heterocycles. The molecule has 2 rings (SSSR count). The van der Waals surface area contributed by atoms with Crippen molar-refractivity contribution in [2.45, 2.75) is 24.2 Å². The highest BCUT2D eigenvalue weighted by atomic mass is 35.5. The fourth-order valence-electron chi connectivity index (χ4n) is 2.23. The van der Waals surface area contributed by atoms with Gasteiger partial charge in [-0.3, -0.25) is 0 Å². The van der Waals surface area contributed by atoms with E-state index < -0.39 is 60.1 Å². The van der Waals surface area contributed by atoms with Crippen molar-refractivity contribution in [3.8, 4) is 5.69 Å². The van der Waals surface area contributed by atoms with Gasteiger partial charge in [-0.15, -0.1) is 0 Å². The largest absolute Gasteiger partial charge is 0.436 e. The third-order valence-corrected chi connectivity index (χ3v) is 5.49. The summed E-state index contributed by atoms with van der Waals surface area (Å²) in [5.41, 5.74) is 1.76. The Balaban J connectivity index is 2.85. The second kappa shape index (κ2) is 7.28. The molecule has 28 heavy (non-hydrogen) atoms. The van der Waals surface area contributed by atoms with Gasteiger partial charge in [-0.2, -0.15) is 31.4 Å². The van der Waals surface area contributed by atoms with Crippen molar-refractivity contribution in [3.05, 3.63) is 33.4 Å². The summed E-state index contributed by atoms with van der Waals surface area (Å²) < 4.78 is 105. The van der Waals surface area contributed by atoms with Crippen molar-refractivity contribution in [2.75, 3.05) is 12.3 Å². The van der Waals surface area contributed by atoms with Crippen molar-refractivity contribution < 1.29 is 34.8 Å². The minimum Gasteiger partial charge on any atom is -0.382 e. The summed E-state index contributed by atoms with van der Waals surface area (Å²) in [7, 11) is -4.74. The zero-order valence-electron chi connectivity index (χ0n) is 13.6. The predicted molar refractivity (Wildman–Crippen MR) is 88.9 cm³/mol. The Kier molecular flexibility index (Phi) is 5.87. The van der Waals surface area contributed by atoms with Crippen LogP contribution in [0.15, 0.2) is 17.0 Å². The summed E-state index contributed by atoms with van der Waals surface area (Å²) in [6, 6.07) is 0.797. The molecule has 0 saturated carbocycles. The summed E-state index contributed by atoms with van der Waals surface area (Å²) in [6.45, 7) is 1.06. The molecule has 0 bridgehead atoms. The maximum Gasteiger partial charge on any atom is 0.436 e. The summed E-state index contributed by atoms with van der Waals surface area (Å²) in [6.07, 6.45) is -10.1. The van der Waals surface area contributed by atoms with Crippen LogP contribution < -0.4 is 10.5 Å². The molecule has 0 saturated heterocycles. The molecular formula is C13H10Cl2F6N4O2S. The number of hydrogen-bond acceptors (Lipinski definition) is 4. The van der Waals surface area contributed by atoms with Crippen molar-refractivity contribution >= 4 is 39.0 Å². The van der Waals surface area contributed by atoms with Gasteiger partial charge < -0.3 is 5.73 Å². The van der Waals surface area contributed by atoms with Crippen LogP contribution in [0.5, 0.6) is 0 Å². The van der Waals surface area contributed by atoms with Crippen LogP contribution in [0.25, 0.3) is 5.69 Å². The summed E-state index contributed by atoms with van der Waals surface area (Å²) >= 11 is 11.5. The van der Waals surface area contributed by atoms with Crippen LogP contribution in [0.4, 0.5) is 32.2 Å². The lowest BCUT2D eigenvalue weighted by Crippen LogP contribution is -2.26. The molecule has 3 N–H and O–H groups in total. The van der Waals surface area contributed by atoms with Crippen LogP contribution >= 0.6 is 23.2 Å². The summed E-state index contributed by atoms with van der Waals surface area (Å²) in [5.74, 6) is -1.03. The van der Waals surface area contributed by atoms with Crippen LogP contribution in [0.2, 0.25) is 10.0 Å². The van der Waals surface area contributed by atoms with Crippen LogP contribution in [0.1, 0.15) is 18.2 Å². The Morgan fingerprint density at radius 3 is 2.00 bits per heavy atom. The zero-order chi connectivity index (χ0) is 21.7. The van der Waals surface area contributed by atoms with Gasteiger partial charge in [-0.05, 0) is 12.1 Å². The van der Waals surface area contributed by atoms with E-state index >= 15 is 0 Å². The molecule has 0 aliphatic rings. The molecule has 0 spiro atoms. The first-order valence-corrected chi connectivity index (χ1v) is 9.37. The van der Waals surface area contributed by atoms with Crippen LogP contribution in [-0.4, -0.2) is 24.7 Å². The first-order chi connectivity index (χ1) is 12.6. The zero-order valence-corrected chi connectivity index (χ0v) is 15.9. The van der Waals surface area contributed by atoms with Gasteiger partial charge in [0.15, 0.2) is 10.6 Å². The highest BCUT2D eigenvalue weighted by molar-refractivity contribution is 7.89. The van der Waals surface area contributed by atoms with E-state index in [9.17, 15) is 34.8 Å². The minimum atomic E-state index is -5.25. The number of nitrogens with two attached hydrogens (primary N) is 1. The topological polar surface area (TPSA) is 90.0 Å². The number of hydrogen-bond donors (Lipinski definition) is 2. The third kappa shape index (κ3) is 4.16. The molecule has 0 aliphatic carbocycles. The van der Waals surface area contributed by atoms with Crippen LogP contribution in [-0.2, 0) is 22.4 Å². The van der Waals surface area contributed by atoms with E-state index in [0.717, 1.165) is 0 Å². The molecule has 156 valence electrons. The fraction of sp³-hybridized carbons (Fsp3) is 0.308. The van der Waals surface area contributed by atoms with E-state index in [4.69, 9.17) is 28.9 Å². The number of sulfonamides is 1.